The van der Waals surface area contributed by atoms with Crippen molar-refractivity contribution >= 4 is 15.9 Å². The second-order valence-corrected chi connectivity index (χ2v) is 4.89. The number of rotatable bonds is 6. The lowest BCUT2D eigenvalue weighted by atomic mass is 10.1. The molecule has 1 aromatic carbocycles. The van der Waals surface area contributed by atoms with Crippen molar-refractivity contribution in [1.82, 2.24) is 0 Å². The minimum atomic E-state index is 0.0606. The van der Waals surface area contributed by atoms with Crippen LogP contribution in [0.3, 0.4) is 0 Å². The Kier molecular flexibility index (Phi) is 5.85. The van der Waals surface area contributed by atoms with Crippen LogP contribution in [0, 0.1) is 0 Å². The fourth-order valence-corrected chi connectivity index (χ4v) is 1.96. The maximum atomic E-state index is 5.81. The average molecular weight is 286 g/mol. The summed E-state index contributed by atoms with van der Waals surface area (Å²) >= 11 is 3.50. The van der Waals surface area contributed by atoms with Crippen molar-refractivity contribution in [3.8, 4) is 5.75 Å². The highest BCUT2D eigenvalue weighted by Gasteiger charge is 2.05. The Hall–Kier alpha value is -0.540. The highest BCUT2D eigenvalue weighted by atomic mass is 79.9. The van der Waals surface area contributed by atoms with E-state index in [0.717, 1.165) is 28.8 Å². The Bertz CT molecular complexity index is 326. The summed E-state index contributed by atoms with van der Waals surface area (Å²) in [5, 5.41) is 0. The van der Waals surface area contributed by atoms with E-state index in [2.05, 4.69) is 22.9 Å². The molecule has 1 aromatic rings. The van der Waals surface area contributed by atoms with E-state index in [-0.39, 0.29) is 6.04 Å². The minimum absolute atomic E-state index is 0.0606. The molecule has 2 N–H and O–H groups in total. The number of unbranched alkanes of at least 4 members (excludes halogenated alkanes) is 2. The van der Waals surface area contributed by atoms with E-state index in [9.17, 15) is 0 Å². The molecule has 1 atom stereocenters. The molecule has 90 valence electrons. The largest absolute Gasteiger partial charge is 0.492 e. The standard InChI is InChI=1S/C13H20BrNO/c1-3-4-5-8-16-13-7-6-11(10(2)15)9-12(13)14/h6-7,9-10H,3-5,8,15H2,1-2H3/t10-/m1/s1. The van der Waals surface area contributed by atoms with Gasteiger partial charge in [-0.3, -0.25) is 0 Å². The van der Waals surface area contributed by atoms with Gasteiger partial charge in [0.15, 0.2) is 0 Å². The second kappa shape index (κ2) is 6.92. The zero-order valence-electron chi connectivity index (χ0n) is 10.0. The van der Waals surface area contributed by atoms with Crippen LogP contribution >= 0.6 is 15.9 Å². The Labute approximate surface area is 106 Å². The Morgan fingerprint density at radius 1 is 1.38 bits per heavy atom. The lowest BCUT2D eigenvalue weighted by Crippen LogP contribution is -2.05. The average Bonchev–Trinajstić information content (AvgIpc) is 2.26. The van der Waals surface area contributed by atoms with E-state index in [1.807, 2.05) is 25.1 Å². The molecular weight excluding hydrogens is 266 g/mol. The van der Waals surface area contributed by atoms with E-state index < -0.39 is 0 Å². The van der Waals surface area contributed by atoms with Crippen molar-refractivity contribution in [2.45, 2.75) is 39.2 Å². The molecule has 3 heteroatoms. The summed E-state index contributed by atoms with van der Waals surface area (Å²) in [6.07, 6.45) is 3.54. The first-order chi connectivity index (χ1) is 7.65. The molecule has 0 saturated heterocycles. The molecule has 16 heavy (non-hydrogen) atoms. The second-order valence-electron chi connectivity index (χ2n) is 4.03. The fraction of sp³-hybridized carbons (Fsp3) is 0.538. The van der Waals surface area contributed by atoms with E-state index in [1.54, 1.807) is 0 Å². The fourth-order valence-electron chi connectivity index (χ4n) is 1.45. The minimum Gasteiger partial charge on any atom is -0.492 e. The Morgan fingerprint density at radius 2 is 2.12 bits per heavy atom. The molecule has 0 aliphatic carbocycles. The van der Waals surface area contributed by atoms with E-state index >= 15 is 0 Å². The summed E-state index contributed by atoms with van der Waals surface area (Å²) in [4.78, 5) is 0. The highest BCUT2D eigenvalue weighted by Crippen LogP contribution is 2.27. The van der Waals surface area contributed by atoms with E-state index in [0.29, 0.717) is 0 Å². The van der Waals surface area contributed by atoms with Gasteiger partial charge < -0.3 is 10.5 Å². The van der Waals surface area contributed by atoms with Crippen LogP contribution in [0.25, 0.3) is 0 Å². The summed E-state index contributed by atoms with van der Waals surface area (Å²) < 4.78 is 6.67. The Balaban J connectivity index is 2.54. The molecule has 0 aliphatic rings. The molecule has 0 fully saturated rings. The Morgan fingerprint density at radius 3 is 2.69 bits per heavy atom. The van der Waals surface area contributed by atoms with Gasteiger partial charge in [0.2, 0.25) is 0 Å². The third-order valence-electron chi connectivity index (χ3n) is 2.49. The number of nitrogens with two attached hydrogens (primary N) is 1. The van der Waals surface area contributed by atoms with Gasteiger partial charge in [-0.1, -0.05) is 25.8 Å². The smallest absolute Gasteiger partial charge is 0.133 e. The number of halogens is 1. The predicted molar refractivity (Wildman–Crippen MR) is 71.8 cm³/mol. The zero-order valence-corrected chi connectivity index (χ0v) is 11.6. The van der Waals surface area contributed by atoms with Crippen LogP contribution in [0.5, 0.6) is 5.75 Å². The molecule has 0 aliphatic heterocycles. The maximum Gasteiger partial charge on any atom is 0.133 e. The molecule has 0 aromatic heterocycles. The summed E-state index contributed by atoms with van der Waals surface area (Å²) in [6.45, 7) is 4.95. The van der Waals surface area contributed by atoms with Crippen molar-refractivity contribution in [2.24, 2.45) is 5.73 Å². The molecule has 0 radical (unpaired) electrons. The number of hydrogen-bond acceptors (Lipinski definition) is 2. The van der Waals surface area contributed by atoms with Crippen molar-refractivity contribution in [3.63, 3.8) is 0 Å². The van der Waals surface area contributed by atoms with Crippen LogP contribution in [-0.4, -0.2) is 6.61 Å². The van der Waals surface area contributed by atoms with Gasteiger partial charge in [0, 0.05) is 6.04 Å². The topological polar surface area (TPSA) is 35.2 Å². The van der Waals surface area contributed by atoms with Gasteiger partial charge in [-0.25, -0.2) is 0 Å². The van der Waals surface area contributed by atoms with Gasteiger partial charge in [0.05, 0.1) is 11.1 Å². The van der Waals surface area contributed by atoms with Gasteiger partial charge in [0.1, 0.15) is 5.75 Å². The van der Waals surface area contributed by atoms with Crippen LogP contribution in [0.1, 0.15) is 44.7 Å². The third-order valence-corrected chi connectivity index (χ3v) is 3.11. The van der Waals surface area contributed by atoms with Gasteiger partial charge in [-0.2, -0.15) is 0 Å². The monoisotopic (exact) mass is 285 g/mol. The predicted octanol–water partition coefficient (Wildman–Crippen LogP) is 4.04. The molecule has 0 unspecified atom stereocenters. The van der Waals surface area contributed by atoms with Crippen molar-refractivity contribution in [3.05, 3.63) is 28.2 Å². The van der Waals surface area contributed by atoms with Crippen molar-refractivity contribution < 1.29 is 4.74 Å². The quantitative estimate of drug-likeness (QED) is 0.801. The van der Waals surface area contributed by atoms with Gasteiger partial charge in [-0.05, 0) is 47.0 Å². The van der Waals surface area contributed by atoms with Crippen molar-refractivity contribution in [1.29, 1.82) is 0 Å². The number of ether oxygens (including phenoxy) is 1. The summed E-state index contributed by atoms with van der Waals surface area (Å²) in [5.74, 6) is 0.903. The molecule has 0 saturated carbocycles. The molecule has 0 bridgehead atoms. The molecule has 0 amide bonds. The molecule has 0 spiro atoms. The maximum absolute atomic E-state index is 5.81. The van der Waals surface area contributed by atoms with Crippen molar-refractivity contribution in [2.75, 3.05) is 6.61 Å². The van der Waals surface area contributed by atoms with Gasteiger partial charge in [-0.15, -0.1) is 0 Å². The van der Waals surface area contributed by atoms with Crippen LogP contribution in [0.15, 0.2) is 22.7 Å². The normalized spacial score (nSPS) is 12.5. The number of benzene rings is 1. The lowest BCUT2D eigenvalue weighted by molar-refractivity contribution is 0.304. The molecule has 0 heterocycles. The van der Waals surface area contributed by atoms with Gasteiger partial charge in [0.25, 0.3) is 0 Å². The first-order valence-electron chi connectivity index (χ1n) is 5.83. The first-order valence-corrected chi connectivity index (χ1v) is 6.62. The lowest BCUT2D eigenvalue weighted by Gasteiger charge is -2.11. The first kappa shape index (κ1) is 13.5. The SMILES string of the molecule is CCCCCOc1ccc([C@@H](C)N)cc1Br. The summed E-state index contributed by atoms with van der Waals surface area (Å²) in [7, 11) is 0. The number of hydrogen-bond donors (Lipinski definition) is 1. The molecule has 1 rings (SSSR count). The highest BCUT2D eigenvalue weighted by molar-refractivity contribution is 9.10. The summed E-state index contributed by atoms with van der Waals surface area (Å²) in [6, 6.07) is 6.09. The molecule has 2 nitrogen and oxygen atoms in total. The summed E-state index contributed by atoms with van der Waals surface area (Å²) in [5.41, 5.74) is 6.93. The zero-order chi connectivity index (χ0) is 12.0. The molecular formula is C13H20BrNO. The van der Waals surface area contributed by atoms with Crippen LogP contribution in [0.2, 0.25) is 0 Å². The third kappa shape index (κ3) is 4.14. The van der Waals surface area contributed by atoms with Crippen LogP contribution in [-0.2, 0) is 0 Å². The van der Waals surface area contributed by atoms with E-state index in [1.165, 1.54) is 12.8 Å². The van der Waals surface area contributed by atoms with Crippen LogP contribution < -0.4 is 10.5 Å². The van der Waals surface area contributed by atoms with Crippen LogP contribution in [0.4, 0.5) is 0 Å². The van der Waals surface area contributed by atoms with E-state index in [4.69, 9.17) is 10.5 Å². The van der Waals surface area contributed by atoms with Gasteiger partial charge >= 0.3 is 0 Å².